The molecule has 1 amide bonds. The zero-order chi connectivity index (χ0) is 13.8. The van der Waals surface area contributed by atoms with Crippen LogP contribution in [0.2, 0.25) is 4.34 Å². The topological polar surface area (TPSA) is 52.9 Å². The lowest BCUT2D eigenvalue weighted by Crippen LogP contribution is -2.26. The maximum absolute atomic E-state index is 12.1. The van der Waals surface area contributed by atoms with Gasteiger partial charge >= 0.3 is 0 Å². The summed E-state index contributed by atoms with van der Waals surface area (Å²) in [4.78, 5) is 13.0. The molecule has 0 fully saturated rings. The monoisotopic (exact) mass is 290 g/mol. The van der Waals surface area contributed by atoms with E-state index in [0.29, 0.717) is 15.5 Å². The van der Waals surface area contributed by atoms with E-state index in [1.54, 1.807) is 30.3 Å². The summed E-state index contributed by atoms with van der Waals surface area (Å²) in [5.41, 5.74) is 0.952. The van der Waals surface area contributed by atoms with Gasteiger partial charge in [0.1, 0.15) is 0 Å². The molecule has 0 aliphatic heterocycles. The molecule has 0 saturated heterocycles. The third kappa shape index (κ3) is 3.34. The van der Waals surface area contributed by atoms with Crippen LogP contribution in [0.3, 0.4) is 0 Å². The van der Waals surface area contributed by atoms with Gasteiger partial charge < -0.3 is 5.32 Å². The standard InChI is InChI=1S/C14H11ClN2OS/c1-9(12-5-6-13(15)19-12)17-14(18)11-4-2-3-10(7-11)8-16/h2-7,9H,1H3,(H,17,18). The van der Waals surface area contributed by atoms with Crippen molar-refractivity contribution in [1.29, 1.82) is 5.26 Å². The van der Waals surface area contributed by atoms with Crippen molar-refractivity contribution in [3.63, 3.8) is 0 Å². The molecule has 19 heavy (non-hydrogen) atoms. The SMILES string of the molecule is CC(NC(=O)c1cccc(C#N)c1)c1ccc(Cl)s1. The molecule has 0 aliphatic carbocycles. The van der Waals surface area contributed by atoms with E-state index in [2.05, 4.69) is 5.32 Å². The Labute approximate surface area is 120 Å². The van der Waals surface area contributed by atoms with Crippen molar-refractivity contribution in [2.45, 2.75) is 13.0 Å². The molecule has 1 heterocycles. The van der Waals surface area contributed by atoms with E-state index >= 15 is 0 Å². The lowest BCUT2D eigenvalue weighted by atomic mass is 10.1. The molecule has 96 valence electrons. The number of carbonyl (C=O) groups is 1. The second kappa shape index (κ2) is 5.87. The summed E-state index contributed by atoms with van der Waals surface area (Å²) in [5, 5.41) is 11.7. The predicted octanol–water partition coefficient (Wildman–Crippen LogP) is 3.76. The minimum atomic E-state index is -0.200. The van der Waals surface area contributed by atoms with Crippen molar-refractivity contribution in [3.05, 3.63) is 56.7 Å². The Bertz CT molecular complexity index is 645. The number of hydrogen-bond acceptors (Lipinski definition) is 3. The number of nitrogens with zero attached hydrogens (tertiary/aromatic N) is 1. The molecule has 5 heteroatoms. The molecule has 0 radical (unpaired) electrons. The van der Waals surface area contributed by atoms with Crippen LogP contribution in [0.15, 0.2) is 36.4 Å². The van der Waals surface area contributed by atoms with Crippen molar-refractivity contribution >= 4 is 28.8 Å². The summed E-state index contributed by atoms with van der Waals surface area (Å²) in [5.74, 6) is -0.200. The van der Waals surface area contributed by atoms with Gasteiger partial charge in [0.05, 0.1) is 22.0 Å². The molecular weight excluding hydrogens is 280 g/mol. The third-order valence-electron chi connectivity index (χ3n) is 2.62. The molecule has 0 aliphatic rings. The van der Waals surface area contributed by atoms with Crippen molar-refractivity contribution in [2.24, 2.45) is 0 Å². The van der Waals surface area contributed by atoms with E-state index in [-0.39, 0.29) is 11.9 Å². The summed E-state index contributed by atoms with van der Waals surface area (Å²) in [7, 11) is 0. The lowest BCUT2D eigenvalue weighted by molar-refractivity contribution is 0.0940. The zero-order valence-corrected chi connectivity index (χ0v) is 11.8. The van der Waals surface area contributed by atoms with Gasteiger partial charge in [-0.05, 0) is 37.3 Å². The molecule has 1 N–H and O–H groups in total. The first-order chi connectivity index (χ1) is 9.10. The first kappa shape index (κ1) is 13.6. The number of nitriles is 1. The Balaban J connectivity index is 2.10. The van der Waals surface area contributed by atoms with Gasteiger partial charge in [-0.3, -0.25) is 4.79 Å². The summed E-state index contributed by atoms with van der Waals surface area (Å²) >= 11 is 7.31. The molecule has 3 nitrogen and oxygen atoms in total. The fourth-order valence-corrected chi connectivity index (χ4v) is 2.71. The van der Waals surface area contributed by atoms with Gasteiger partial charge in [0.2, 0.25) is 0 Å². The van der Waals surface area contributed by atoms with E-state index in [1.807, 2.05) is 19.1 Å². The first-order valence-electron chi connectivity index (χ1n) is 5.66. The Kier molecular flexibility index (Phi) is 4.20. The average Bonchev–Trinajstić information content (AvgIpc) is 2.85. The molecule has 0 spiro atoms. The van der Waals surface area contributed by atoms with E-state index in [0.717, 1.165) is 4.88 Å². The highest BCUT2D eigenvalue weighted by atomic mass is 35.5. The van der Waals surface area contributed by atoms with Gasteiger partial charge in [-0.15, -0.1) is 11.3 Å². The molecule has 2 rings (SSSR count). The Morgan fingerprint density at radius 2 is 2.21 bits per heavy atom. The van der Waals surface area contributed by atoms with Crippen LogP contribution in [0.5, 0.6) is 0 Å². The van der Waals surface area contributed by atoms with Gasteiger partial charge in [-0.1, -0.05) is 17.7 Å². The van der Waals surface area contributed by atoms with Crippen LogP contribution in [0, 0.1) is 11.3 Å². The molecule has 1 aromatic carbocycles. The molecule has 0 saturated carbocycles. The molecule has 2 aromatic rings. The zero-order valence-electron chi connectivity index (χ0n) is 10.2. The third-order valence-corrected chi connectivity index (χ3v) is 4.04. The number of hydrogen-bond donors (Lipinski definition) is 1. The fourth-order valence-electron chi connectivity index (χ4n) is 1.64. The minimum Gasteiger partial charge on any atom is -0.345 e. The van der Waals surface area contributed by atoms with Crippen molar-refractivity contribution in [2.75, 3.05) is 0 Å². The maximum Gasteiger partial charge on any atom is 0.251 e. The molecule has 0 bridgehead atoms. The summed E-state index contributed by atoms with van der Waals surface area (Å²) in [6.45, 7) is 1.90. The number of amides is 1. The summed E-state index contributed by atoms with van der Waals surface area (Å²) < 4.78 is 0.697. The van der Waals surface area contributed by atoms with Crippen LogP contribution in [-0.4, -0.2) is 5.91 Å². The second-order valence-electron chi connectivity index (χ2n) is 4.03. The van der Waals surface area contributed by atoms with Crippen LogP contribution < -0.4 is 5.32 Å². The quantitative estimate of drug-likeness (QED) is 0.935. The van der Waals surface area contributed by atoms with Crippen LogP contribution >= 0.6 is 22.9 Å². The summed E-state index contributed by atoms with van der Waals surface area (Å²) in [6, 6.07) is 12.2. The number of nitrogens with one attached hydrogen (secondary N) is 1. The van der Waals surface area contributed by atoms with Gasteiger partial charge in [-0.25, -0.2) is 0 Å². The number of halogens is 1. The number of carbonyl (C=O) groups excluding carboxylic acids is 1. The van der Waals surface area contributed by atoms with Gasteiger partial charge in [-0.2, -0.15) is 5.26 Å². The Morgan fingerprint density at radius 1 is 1.42 bits per heavy atom. The van der Waals surface area contributed by atoms with Crippen LogP contribution in [-0.2, 0) is 0 Å². The van der Waals surface area contributed by atoms with Crippen LogP contribution in [0.25, 0.3) is 0 Å². The first-order valence-corrected chi connectivity index (χ1v) is 6.86. The number of thiophene rings is 1. The highest BCUT2D eigenvalue weighted by Crippen LogP contribution is 2.26. The highest BCUT2D eigenvalue weighted by Gasteiger charge is 2.13. The van der Waals surface area contributed by atoms with Crippen LogP contribution in [0.4, 0.5) is 0 Å². The number of rotatable bonds is 3. The van der Waals surface area contributed by atoms with Gasteiger partial charge in [0.25, 0.3) is 5.91 Å². The second-order valence-corrected chi connectivity index (χ2v) is 5.78. The van der Waals surface area contributed by atoms with E-state index in [9.17, 15) is 4.79 Å². The van der Waals surface area contributed by atoms with Crippen molar-refractivity contribution in [1.82, 2.24) is 5.32 Å². The molecule has 1 unspecified atom stereocenters. The maximum atomic E-state index is 12.1. The largest absolute Gasteiger partial charge is 0.345 e. The average molecular weight is 291 g/mol. The van der Waals surface area contributed by atoms with E-state index < -0.39 is 0 Å². The van der Waals surface area contributed by atoms with E-state index in [4.69, 9.17) is 16.9 Å². The molecular formula is C14H11ClN2OS. The van der Waals surface area contributed by atoms with Gasteiger partial charge in [0, 0.05) is 10.4 Å². The smallest absolute Gasteiger partial charge is 0.251 e. The van der Waals surface area contributed by atoms with Crippen molar-refractivity contribution < 1.29 is 4.79 Å². The number of benzene rings is 1. The minimum absolute atomic E-state index is 0.115. The fraction of sp³-hybridized carbons (Fsp3) is 0.143. The van der Waals surface area contributed by atoms with Crippen LogP contribution in [0.1, 0.15) is 33.8 Å². The summed E-state index contributed by atoms with van der Waals surface area (Å²) in [6.07, 6.45) is 0. The van der Waals surface area contributed by atoms with Crippen molar-refractivity contribution in [3.8, 4) is 6.07 Å². The Hall–Kier alpha value is -1.83. The lowest BCUT2D eigenvalue weighted by Gasteiger charge is -2.12. The van der Waals surface area contributed by atoms with Gasteiger partial charge in [0.15, 0.2) is 0 Å². The predicted molar refractivity (Wildman–Crippen MR) is 76.4 cm³/mol. The Morgan fingerprint density at radius 3 is 2.84 bits per heavy atom. The van der Waals surface area contributed by atoms with E-state index in [1.165, 1.54) is 11.3 Å². The molecule has 1 aromatic heterocycles. The molecule has 1 atom stereocenters. The highest BCUT2D eigenvalue weighted by molar-refractivity contribution is 7.16. The normalized spacial score (nSPS) is 11.6.